The highest BCUT2D eigenvalue weighted by Gasteiger charge is 2.25. The highest BCUT2D eigenvalue weighted by molar-refractivity contribution is 7.89. The summed E-state index contributed by atoms with van der Waals surface area (Å²) < 4.78 is 25.8. The molecular weight excluding hydrogens is 426 g/mol. The van der Waals surface area contributed by atoms with Crippen LogP contribution in [-0.2, 0) is 10.0 Å². The maximum absolute atomic E-state index is 12.5. The van der Waals surface area contributed by atoms with E-state index in [2.05, 4.69) is 10.2 Å². The number of aliphatic hydroxyl groups excluding tert-OH is 2. The summed E-state index contributed by atoms with van der Waals surface area (Å²) in [6.45, 7) is 2.69. The van der Waals surface area contributed by atoms with E-state index in [-0.39, 0.29) is 30.3 Å². The number of hydrogen-bond donors (Lipinski definition) is 2. The number of sulfonamides is 1. The number of benzene rings is 2. The molecule has 0 saturated carbocycles. The molecule has 2 rings (SSSR count). The van der Waals surface area contributed by atoms with Crippen LogP contribution >= 0.6 is 0 Å². The lowest BCUT2D eigenvalue weighted by Gasteiger charge is -2.21. The van der Waals surface area contributed by atoms with E-state index in [0.29, 0.717) is 12.2 Å². The number of likely N-dealkylation sites (N-methyl/N-ethyl adjacent to an activating group) is 2. The van der Waals surface area contributed by atoms with Crippen molar-refractivity contribution >= 4 is 32.8 Å². The van der Waals surface area contributed by atoms with Crippen molar-refractivity contribution < 1.29 is 23.6 Å². The van der Waals surface area contributed by atoms with Crippen LogP contribution in [0.3, 0.4) is 0 Å². The first-order chi connectivity index (χ1) is 14.7. The number of anilines is 1. The second-order valence-electron chi connectivity index (χ2n) is 6.48. The van der Waals surface area contributed by atoms with Crippen LogP contribution in [-0.4, -0.2) is 67.8 Å². The Morgan fingerprint density at radius 1 is 1.03 bits per heavy atom. The molecule has 0 radical (unpaired) electrons. The first kappa shape index (κ1) is 24.3. The summed E-state index contributed by atoms with van der Waals surface area (Å²) in [5.41, 5.74) is 0.757. The summed E-state index contributed by atoms with van der Waals surface area (Å²) in [6, 6.07) is 10.3. The van der Waals surface area contributed by atoms with Crippen LogP contribution in [0.15, 0.2) is 57.6 Å². The smallest absolute Gasteiger partial charge is 0.298 e. The first-order valence-electron chi connectivity index (χ1n) is 9.47. The molecule has 0 bridgehead atoms. The fourth-order valence-corrected chi connectivity index (χ4v) is 3.95. The van der Waals surface area contributed by atoms with Crippen molar-refractivity contribution in [1.29, 1.82) is 0 Å². The van der Waals surface area contributed by atoms with Crippen LogP contribution in [0.5, 0.6) is 0 Å². The Hall–Kier alpha value is -2.93. The second-order valence-corrected chi connectivity index (χ2v) is 8.52. The van der Waals surface area contributed by atoms with E-state index in [1.165, 1.54) is 19.2 Å². The van der Waals surface area contributed by atoms with Gasteiger partial charge < -0.3 is 15.1 Å². The van der Waals surface area contributed by atoms with E-state index in [9.17, 15) is 18.5 Å². The van der Waals surface area contributed by atoms with Crippen LogP contribution in [0.4, 0.5) is 22.7 Å². The van der Waals surface area contributed by atoms with Gasteiger partial charge in [0.1, 0.15) is 0 Å². The summed E-state index contributed by atoms with van der Waals surface area (Å²) >= 11 is 0. The van der Waals surface area contributed by atoms with Crippen LogP contribution in [0.1, 0.15) is 6.92 Å². The molecule has 0 unspecified atom stereocenters. The summed E-state index contributed by atoms with van der Waals surface area (Å²) in [7, 11) is -2.71. The molecule has 12 heteroatoms. The van der Waals surface area contributed by atoms with Gasteiger partial charge in [0, 0.05) is 38.4 Å². The largest absolute Gasteiger partial charge is 0.395 e. The highest BCUT2D eigenvalue weighted by atomic mass is 32.2. The molecule has 0 fully saturated rings. The molecule has 0 aliphatic heterocycles. The number of nitrogens with zero attached hydrogens (tertiary/aromatic N) is 5. The fourth-order valence-electron chi connectivity index (χ4n) is 2.77. The zero-order chi connectivity index (χ0) is 23.0. The second kappa shape index (κ2) is 10.9. The maximum Gasteiger partial charge on any atom is 0.298 e. The standard InChI is InChI=1S/C19H25N5O6S/c1-3-23(11-13-26)16-6-4-15(5-7-16)20-21-18-9-8-17(14-19(18)24(27)28)31(29,30)22(2)10-12-25/h4-9,14,25-26H,3,10-13H2,1-2H3. The summed E-state index contributed by atoms with van der Waals surface area (Å²) in [4.78, 5) is 12.4. The van der Waals surface area contributed by atoms with Gasteiger partial charge in [0.2, 0.25) is 10.0 Å². The van der Waals surface area contributed by atoms with Crippen LogP contribution < -0.4 is 4.90 Å². The molecule has 31 heavy (non-hydrogen) atoms. The van der Waals surface area contributed by atoms with Gasteiger partial charge in [-0.2, -0.15) is 9.42 Å². The Morgan fingerprint density at radius 2 is 1.68 bits per heavy atom. The minimum Gasteiger partial charge on any atom is -0.395 e. The lowest BCUT2D eigenvalue weighted by molar-refractivity contribution is -0.384. The molecule has 0 heterocycles. The van der Waals surface area contributed by atoms with Crippen LogP contribution in [0.25, 0.3) is 0 Å². The van der Waals surface area contributed by atoms with Crippen molar-refractivity contribution in [2.45, 2.75) is 11.8 Å². The average molecular weight is 452 g/mol. The normalized spacial score (nSPS) is 11.9. The number of rotatable bonds is 11. The predicted octanol–water partition coefficient (Wildman–Crippen LogP) is 2.44. The molecule has 0 aliphatic rings. The van der Waals surface area contributed by atoms with Crippen molar-refractivity contribution in [2.24, 2.45) is 10.2 Å². The van der Waals surface area contributed by atoms with E-state index in [4.69, 9.17) is 10.2 Å². The molecule has 11 nitrogen and oxygen atoms in total. The average Bonchev–Trinajstić information content (AvgIpc) is 2.76. The van der Waals surface area contributed by atoms with Gasteiger partial charge in [-0.25, -0.2) is 8.42 Å². The van der Waals surface area contributed by atoms with Gasteiger partial charge in [-0.05, 0) is 43.3 Å². The quantitative estimate of drug-likeness (QED) is 0.303. The summed E-state index contributed by atoms with van der Waals surface area (Å²) in [5, 5.41) is 37.4. The monoisotopic (exact) mass is 451 g/mol. The van der Waals surface area contributed by atoms with Gasteiger partial charge in [0.05, 0.1) is 28.7 Å². The highest BCUT2D eigenvalue weighted by Crippen LogP contribution is 2.32. The van der Waals surface area contributed by atoms with Crippen LogP contribution in [0, 0.1) is 10.1 Å². The number of nitro benzene ring substituents is 1. The predicted molar refractivity (Wildman–Crippen MR) is 116 cm³/mol. The third kappa shape index (κ3) is 6.04. The lowest BCUT2D eigenvalue weighted by atomic mass is 10.2. The van der Waals surface area contributed by atoms with Crippen molar-refractivity contribution in [3.8, 4) is 0 Å². The van der Waals surface area contributed by atoms with E-state index < -0.39 is 20.6 Å². The summed E-state index contributed by atoms with van der Waals surface area (Å²) in [6.07, 6.45) is 0. The molecule has 0 atom stereocenters. The van der Waals surface area contributed by atoms with Crippen molar-refractivity contribution in [3.05, 3.63) is 52.6 Å². The third-order valence-corrected chi connectivity index (χ3v) is 6.36. The maximum atomic E-state index is 12.5. The van der Waals surface area contributed by atoms with Gasteiger partial charge in [0.25, 0.3) is 5.69 Å². The van der Waals surface area contributed by atoms with Gasteiger partial charge >= 0.3 is 0 Å². The molecule has 2 N–H and O–H groups in total. The molecule has 0 aromatic heterocycles. The third-order valence-electron chi connectivity index (χ3n) is 4.51. The molecule has 2 aromatic carbocycles. The van der Waals surface area contributed by atoms with Gasteiger partial charge in [-0.15, -0.1) is 5.11 Å². The van der Waals surface area contributed by atoms with Gasteiger partial charge in [-0.3, -0.25) is 10.1 Å². The van der Waals surface area contributed by atoms with Crippen molar-refractivity contribution in [3.63, 3.8) is 0 Å². The SMILES string of the molecule is CCN(CCO)c1ccc(N=Nc2ccc(S(=O)(=O)N(C)CCO)cc2[N+](=O)[O-])cc1. The zero-order valence-corrected chi connectivity index (χ0v) is 18.1. The molecule has 0 amide bonds. The number of aliphatic hydroxyl groups is 2. The van der Waals surface area contributed by atoms with Crippen molar-refractivity contribution in [2.75, 3.05) is 44.8 Å². The van der Waals surface area contributed by atoms with E-state index in [1.54, 1.807) is 24.3 Å². The molecule has 168 valence electrons. The lowest BCUT2D eigenvalue weighted by Crippen LogP contribution is -2.29. The van der Waals surface area contributed by atoms with E-state index in [1.807, 2.05) is 11.8 Å². The Balaban J connectivity index is 2.31. The fraction of sp³-hybridized carbons (Fsp3) is 0.368. The Bertz CT molecular complexity index is 1030. The van der Waals surface area contributed by atoms with E-state index >= 15 is 0 Å². The number of nitro groups is 1. The minimum atomic E-state index is -3.99. The van der Waals surface area contributed by atoms with Gasteiger partial charge in [-0.1, -0.05) is 0 Å². The molecular formula is C19H25N5O6S. The van der Waals surface area contributed by atoms with E-state index in [0.717, 1.165) is 22.6 Å². The van der Waals surface area contributed by atoms with Crippen molar-refractivity contribution in [1.82, 2.24) is 4.31 Å². The first-order valence-corrected chi connectivity index (χ1v) is 10.9. The molecule has 0 saturated heterocycles. The molecule has 0 spiro atoms. The van der Waals surface area contributed by atoms with Crippen LogP contribution in [0.2, 0.25) is 0 Å². The topological polar surface area (TPSA) is 149 Å². The number of azo groups is 1. The Kier molecular flexibility index (Phi) is 8.56. The summed E-state index contributed by atoms with van der Waals surface area (Å²) in [5.74, 6) is 0. The van der Waals surface area contributed by atoms with Gasteiger partial charge in [0.15, 0.2) is 5.69 Å². The minimum absolute atomic E-state index is 0.0282. The Morgan fingerprint density at radius 3 is 2.23 bits per heavy atom. The Labute approximate surface area is 180 Å². The zero-order valence-electron chi connectivity index (χ0n) is 17.2. The molecule has 2 aromatic rings. The number of hydrogen-bond acceptors (Lipinski definition) is 9. The molecule has 0 aliphatic carbocycles.